The van der Waals surface area contributed by atoms with Crippen LogP contribution < -0.4 is 10.3 Å². The molecule has 4 aromatic rings. The van der Waals surface area contributed by atoms with Gasteiger partial charge in [0.05, 0.1) is 25.0 Å². The minimum absolute atomic E-state index is 0.179. The maximum atomic E-state index is 12.5. The normalized spacial score (nSPS) is 11.3. The van der Waals surface area contributed by atoms with E-state index in [0.717, 1.165) is 23.5 Å². The highest BCUT2D eigenvalue weighted by molar-refractivity contribution is 5.75. The van der Waals surface area contributed by atoms with E-state index in [-0.39, 0.29) is 5.56 Å². The third-order valence-corrected chi connectivity index (χ3v) is 4.59. The van der Waals surface area contributed by atoms with Crippen LogP contribution in [0.25, 0.3) is 16.7 Å². The molecule has 0 unspecified atom stereocenters. The van der Waals surface area contributed by atoms with Gasteiger partial charge in [0.25, 0.3) is 5.56 Å². The predicted octanol–water partition coefficient (Wildman–Crippen LogP) is 3.14. The third kappa shape index (κ3) is 4.20. The first-order valence-electron chi connectivity index (χ1n) is 9.56. The van der Waals surface area contributed by atoms with E-state index < -0.39 is 0 Å². The lowest BCUT2D eigenvalue weighted by molar-refractivity contribution is 0.310. The summed E-state index contributed by atoms with van der Waals surface area (Å²) < 4.78 is 7.18. The standard InChI is InChI=1S/C22H23N5O2/c1-3-29-18-11-9-16(10-12-18)14-26(2)15-20-24-21-19(22(28)25-20)13-23-27(21)17-7-5-4-6-8-17/h4-13H,3,14-15H2,1-2H3,(H,24,25,28). The van der Waals surface area contributed by atoms with Crippen molar-refractivity contribution in [1.29, 1.82) is 0 Å². The second-order valence-electron chi connectivity index (χ2n) is 6.89. The summed E-state index contributed by atoms with van der Waals surface area (Å²) in [5.74, 6) is 1.47. The van der Waals surface area contributed by atoms with Gasteiger partial charge in [-0.25, -0.2) is 9.67 Å². The Balaban J connectivity index is 1.55. The zero-order chi connectivity index (χ0) is 20.2. The van der Waals surface area contributed by atoms with Crippen molar-refractivity contribution >= 4 is 11.0 Å². The number of benzene rings is 2. The smallest absolute Gasteiger partial charge is 0.262 e. The number of rotatable bonds is 7. The van der Waals surface area contributed by atoms with Gasteiger partial charge in [0.15, 0.2) is 5.65 Å². The fraction of sp³-hybridized carbons (Fsp3) is 0.227. The molecule has 0 bridgehead atoms. The van der Waals surface area contributed by atoms with E-state index in [0.29, 0.717) is 30.0 Å². The first-order valence-corrected chi connectivity index (χ1v) is 9.56. The van der Waals surface area contributed by atoms with Gasteiger partial charge in [0, 0.05) is 6.54 Å². The number of nitrogens with one attached hydrogen (secondary N) is 1. The van der Waals surface area contributed by atoms with Gasteiger partial charge >= 0.3 is 0 Å². The van der Waals surface area contributed by atoms with E-state index in [9.17, 15) is 4.79 Å². The summed E-state index contributed by atoms with van der Waals surface area (Å²) in [6.07, 6.45) is 1.56. The summed E-state index contributed by atoms with van der Waals surface area (Å²) in [6, 6.07) is 17.7. The van der Waals surface area contributed by atoms with Crippen LogP contribution in [0.15, 0.2) is 65.6 Å². The molecule has 0 amide bonds. The molecule has 4 rings (SSSR count). The fourth-order valence-electron chi connectivity index (χ4n) is 3.28. The number of fused-ring (bicyclic) bond motifs is 1. The number of ether oxygens (including phenoxy) is 1. The van der Waals surface area contributed by atoms with Crippen molar-refractivity contribution in [3.05, 3.63) is 82.5 Å². The molecule has 0 saturated carbocycles. The molecule has 0 fully saturated rings. The highest BCUT2D eigenvalue weighted by Crippen LogP contribution is 2.15. The van der Waals surface area contributed by atoms with Crippen molar-refractivity contribution in [3.63, 3.8) is 0 Å². The quantitative estimate of drug-likeness (QED) is 0.526. The number of hydrogen-bond donors (Lipinski definition) is 1. The third-order valence-electron chi connectivity index (χ3n) is 4.59. The zero-order valence-electron chi connectivity index (χ0n) is 16.5. The molecule has 2 heterocycles. The molecule has 0 aliphatic carbocycles. The molecule has 0 saturated heterocycles. The van der Waals surface area contributed by atoms with Crippen LogP contribution in [0.1, 0.15) is 18.3 Å². The predicted molar refractivity (Wildman–Crippen MR) is 112 cm³/mol. The van der Waals surface area contributed by atoms with Gasteiger partial charge < -0.3 is 9.72 Å². The summed E-state index contributed by atoms with van der Waals surface area (Å²) in [5, 5.41) is 4.82. The zero-order valence-corrected chi connectivity index (χ0v) is 16.5. The van der Waals surface area contributed by atoms with E-state index in [1.165, 1.54) is 0 Å². The van der Waals surface area contributed by atoms with Crippen molar-refractivity contribution in [2.75, 3.05) is 13.7 Å². The Kier molecular flexibility index (Phi) is 5.39. The van der Waals surface area contributed by atoms with Crippen molar-refractivity contribution in [2.45, 2.75) is 20.0 Å². The number of aromatic amines is 1. The van der Waals surface area contributed by atoms with E-state index in [1.807, 2.05) is 68.6 Å². The first-order chi connectivity index (χ1) is 14.1. The van der Waals surface area contributed by atoms with Gasteiger partial charge in [-0.1, -0.05) is 30.3 Å². The molecule has 0 atom stereocenters. The monoisotopic (exact) mass is 389 g/mol. The summed E-state index contributed by atoms with van der Waals surface area (Å²) in [7, 11) is 2.00. The Morgan fingerprint density at radius 2 is 1.83 bits per heavy atom. The van der Waals surface area contributed by atoms with Crippen LogP contribution in [0.4, 0.5) is 0 Å². The second-order valence-corrected chi connectivity index (χ2v) is 6.89. The summed E-state index contributed by atoms with van der Waals surface area (Å²) >= 11 is 0. The molecule has 0 radical (unpaired) electrons. The maximum Gasteiger partial charge on any atom is 0.262 e. The lowest BCUT2D eigenvalue weighted by Crippen LogP contribution is -2.22. The van der Waals surface area contributed by atoms with Crippen LogP contribution >= 0.6 is 0 Å². The number of aromatic nitrogens is 4. The lowest BCUT2D eigenvalue weighted by atomic mass is 10.2. The van der Waals surface area contributed by atoms with Crippen molar-refractivity contribution in [3.8, 4) is 11.4 Å². The van der Waals surface area contributed by atoms with Crippen LogP contribution in [0.2, 0.25) is 0 Å². The lowest BCUT2D eigenvalue weighted by Gasteiger charge is -2.16. The van der Waals surface area contributed by atoms with Crippen molar-refractivity contribution in [1.82, 2.24) is 24.6 Å². The molecule has 29 heavy (non-hydrogen) atoms. The van der Waals surface area contributed by atoms with Crippen molar-refractivity contribution in [2.24, 2.45) is 0 Å². The Hall–Kier alpha value is -3.45. The molecule has 1 N–H and O–H groups in total. The minimum atomic E-state index is -0.179. The number of para-hydroxylation sites is 1. The average Bonchev–Trinajstić information content (AvgIpc) is 3.15. The van der Waals surface area contributed by atoms with Gasteiger partial charge in [-0.3, -0.25) is 9.69 Å². The Morgan fingerprint density at radius 1 is 1.07 bits per heavy atom. The Bertz CT molecular complexity index is 1150. The largest absolute Gasteiger partial charge is 0.494 e. The SMILES string of the molecule is CCOc1ccc(CN(C)Cc2nc3c(cnn3-c3ccccc3)c(=O)[nH]2)cc1. The highest BCUT2D eigenvalue weighted by atomic mass is 16.5. The van der Waals surface area contributed by atoms with Crippen molar-refractivity contribution < 1.29 is 4.74 Å². The second kappa shape index (κ2) is 8.28. The van der Waals surface area contributed by atoms with E-state index in [1.54, 1.807) is 10.9 Å². The van der Waals surface area contributed by atoms with Crippen LogP contribution in [0.3, 0.4) is 0 Å². The van der Waals surface area contributed by atoms with Crippen LogP contribution in [-0.2, 0) is 13.1 Å². The average molecular weight is 389 g/mol. The van der Waals surface area contributed by atoms with E-state index in [4.69, 9.17) is 4.74 Å². The summed E-state index contributed by atoms with van der Waals surface area (Å²) in [6.45, 7) is 3.86. The molecule has 0 aliphatic heterocycles. The maximum absolute atomic E-state index is 12.5. The molecular weight excluding hydrogens is 366 g/mol. The molecule has 0 spiro atoms. The van der Waals surface area contributed by atoms with Crippen LogP contribution in [0.5, 0.6) is 5.75 Å². The van der Waals surface area contributed by atoms with Gasteiger partial charge in [0.2, 0.25) is 0 Å². The molecule has 0 aliphatic rings. The minimum Gasteiger partial charge on any atom is -0.494 e. The highest BCUT2D eigenvalue weighted by Gasteiger charge is 2.12. The number of hydrogen-bond acceptors (Lipinski definition) is 5. The van der Waals surface area contributed by atoms with E-state index >= 15 is 0 Å². The van der Waals surface area contributed by atoms with Gasteiger partial charge in [-0.05, 0) is 43.8 Å². The summed E-state index contributed by atoms with van der Waals surface area (Å²) in [4.78, 5) is 22.2. The van der Waals surface area contributed by atoms with Crippen LogP contribution in [-0.4, -0.2) is 38.3 Å². The first kappa shape index (κ1) is 18.9. The van der Waals surface area contributed by atoms with Gasteiger partial charge in [-0.2, -0.15) is 5.10 Å². The Labute approximate surface area is 168 Å². The molecule has 2 aromatic carbocycles. The molecular formula is C22H23N5O2. The fourth-order valence-corrected chi connectivity index (χ4v) is 3.28. The van der Waals surface area contributed by atoms with E-state index in [2.05, 4.69) is 20.0 Å². The number of H-pyrrole nitrogens is 1. The van der Waals surface area contributed by atoms with Gasteiger partial charge in [0.1, 0.15) is 17.0 Å². The molecule has 7 nitrogen and oxygen atoms in total. The molecule has 7 heteroatoms. The summed E-state index contributed by atoms with van der Waals surface area (Å²) in [5.41, 5.74) is 2.41. The molecule has 148 valence electrons. The van der Waals surface area contributed by atoms with Gasteiger partial charge in [-0.15, -0.1) is 0 Å². The van der Waals surface area contributed by atoms with Crippen LogP contribution in [0, 0.1) is 0 Å². The molecule has 2 aromatic heterocycles. The number of nitrogens with zero attached hydrogens (tertiary/aromatic N) is 4. The Morgan fingerprint density at radius 3 is 2.55 bits per heavy atom. The topological polar surface area (TPSA) is 76.0 Å².